The largest absolute Gasteiger partial charge is 0.352 e. The number of hydrogen-bond acceptors (Lipinski definition) is 4. The summed E-state index contributed by atoms with van der Waals surface area (Å²) in [5.41, 5.74) is 1.68. The molecule has 224 valence electrons. The Morgan fingerprint density at radius 1 is 0.905 bits per heavy atom. The van der Waals surface area contributed by atoms with Crippen molar-refractivity contribution in [1.29, 1.82) is 0 Å². The summed E-state index contributed by atoms with van der Waals surface area (Å²) in [5, 5.41) is 3.95. The lowest BCUT2D eigenvalue weighted by Crippen LogP contribution is -2.52. The molecular weight excluding hydrogens is 593 g/mol. The second kappa shape index (κ2) is 15.0. The number of amides is 2. The van der Waals surface area contributed by atoms with E-state index in [1.165, 1.54) is 11.4 Å². The van der Waals surface area contributed by atoms with Crippen molar-refractivity contribution in [2.75, 3.05) is 13.6 Å². The smallest absolute Gasteiger partial charge is 0.243 e. The number of rotatable bonds is 13. The molecule has 0 radical (unpaired) electrons. The lowest BCUT2D eigenvalue weighted by atomic mass is 10.0. The molecule has 1 aliphatic carbocycles. The molecule has 42 heavy (non-hydrogen) atoms. The van der Waals surface area contributed by atoms with Crippen LogP contribution in [0.3, 0.4) is 0 Å². The molecule has 0 heterocycles. The Hall–Kier alpha value is -2.91. The van der Waals surface area contributed by atoms with Gasteiger partial charge in [-0.25, -0.2) is 12.7 Å². The van der Waals surface area contributed by atoms with Gasteiger partial charge < -0.3 is 10.2 Å². The Bertz CT molecular complexity index is 1450. The molecule has 0 bridgehead atoms. The molecule has 2 amide bonds. The van der Waals surface area contributed by atoms with Gasteiger partial charge in [0.25, 0.3) is 0 Å². The van der Waals surface area contributed by atoms with Gasteiger partial charge in [0.2, 0.25) is 21.8 Å². The van der Waals surface area contributed by atoms with E-state index in [1.54, 1.807) is 53.4 Å². The van der Waals surface area contributed by atoms with Gasteiger partial charge in [0.15, 0.2) is 0 Å². The van der Waals surface area contributed by atoms with Crippen LogP contribution in [-0.2, 0) is 32.6 Å². The average Bonchev–Trinajstić information content (AvgIpc) is 3.50. The van der Waals surface area contributed by atoms with Crippen LogP contribution in [0.15, 0.2) is 83.8 Å². The van der Waals surface area contributed by atoms with Crippen LogP contribution in [0.2, 0.25) is 10.0 Å². The third-order valence-corrected chi connectivity index (χ3v) is 10.2. The fraction of sp³-hybridized carbons (Fsp3) is 0.375. The molecule has 0 aromatic heterocycles. The maximum absolute atomic E-state index is 13.9. The number of benzene rings is 3. The lowest BCUT2D eigenvalue weighted by molar-refractivity contribution is -0.141. The number of sulfonamides is 1. The minimum atomic E-state index is -3.68. The number of carbonyl (C=O) groups excluding carboxylic acids is 2. The standard InChI is InChI=1S/C32H37Cl2N3O4S/c1-36(42(40,41)27-15-6-3-7-16-27)20-10-17-31(38)37(23-25-18-19-28(33)29(34)21-25)30(22-24-11-4-2-5-12-24)32(39)35-26-13-8-9-14-26/h2-7,11-12,15-16,18-19,21,26,30H,8-10,13-14,17,20,22-23H2,1H3,(H,35,39). The molecular formula is C32H37Cl2N3O4S. The van der Waals surface area contributed by atoms with Crippen LogP contribution in [-0.4, -0.2) is 55.1 Å². The molecule has 1 N–H and O–H groups in total. The number of nitrogens with zero attached hydrogens (tertiary/aromatic N) is 2. The molecule has 7 nitrogen and oxygen atoms in total. The maximum Gasteiger partial charge on any atom is 0.243 e. The molecule has 3 aromatic carbocycles. The zero-order valence-electron chi connectivity index (χ0n) is 23.7. The number of halogens is 2. The van der Waals surface area contributed by atoms with Gasteiger partial charge in [-0.15, -0.1) is 0 Å². The van der Waals surface area contributed by atoms with Gasteiger partial charge in [-0.3, -0.25) is 9.59 Å². The summed E-state index contributed by atoms with van der Waals surface area (Å²) >= 11 is 12.4. The minimum Gasteiger partial charge on any atom is -0.352 e. The third kappa shape index (κ3) is 8.57. The first-order valence-electron chi connectivity index (χ1n) is 14.2. The quantitative estimate of drug-likeness (QED) is 0.248. The predicted octanol–water partition coefficient (Wildman–Crippen LogP) is 6.09. The summed E-state index contributed by atoms with van der Waals surface area (Å²) in [6.45, 7) is 0.310. The number of carbonyl (C=O) groups is 2. The van der Waals surface area contributed by atoms with Crippen molar-refractivity contribution in [2.45, 2.75) is 68.5 Å². The first kappa shape index (κ1) is 32.0. The molecule has 3 aromatic rings. The molecule has 1 unspecified atom stereocenters. The Labute approximate surface area is 258 Å². The minimum absolute atomic E-state index is 0.0674. The van der Waals surface area contributed by atoms with Crippen molar-refractivity contribution in [3.8, 4) is 0 Å². The van der Waals surface area contributed by atoms with Gasteiger partial charge in [0.05, 0.1) is 14.9 Å². The van der Waals surface area contributed by atoms with E-state index in [4.69, 9.17) is 23.2 Å². The number of hydrogen-bond donors (Lipinski definition) is 1. The van der Waals surface area contributed by atoms with Gasteiger partial charge in [-0.05, 0) is 54.7 Å². The highest BCUT2D eigenvalue weighted by molar-refractivity contribution is 7.89. The maximum atomic E-state index is 13.9. The van der Waals surface area contributed by atoms with Gasteiger partial charge in [0, 0.05) is 39.0 Å². The Morgan fingerprint density at radius 2 is 1.55 bits per heavy atom. The molecule has 4 rings (SSSR count). The Morgan fingerprint density at radius 3 is 2.19 bits per heavy atom. The monoisotopic (exact) mass is 629 g/mol. The van der Waals surface area contributed by atoms with E-state index in [-0.39, 0.29) is 42.3 Å². The van der Waals surface area contributed by atoms with Crippen LogP contribution >= 0.6 is 23.2 Å². The topological polar surface area (TPSA) is 86.8 Å². The molecule has 0 saturated heterocycles. The Balaban J connectivity index is 1.56. The summed E-state index contributed by atoms with van der Waals surface area (Å²) < 4.78 is 27.2. The first-order valence-corrected chi connectivity index (χ1v) is 16.4. The zero-order valence-corrected chi connectivity index (χ0v) is 26.0. The highest BCUT2D eigenvalue weighted by atomic mass is 35.5. The van der Waals surface area contributed by atoms with E-state index >= 15 is 0 Å². The predicted molar refractivity (Wildman–Crippen MR) is 167 cm³/mol. The van der Waals surface area contributed by atoms with E-state index in [0.29, 0.717) is 22.9 Å². The Kier molecular flexibility index (Phi) is 11.4. The molecule has 0 aliphatic heterocycles. The molecule has 10 heteroatoms. The summed E-state index contributed by atoms with van der Waals surface area (Å²) in [7, 11) is -2.17. The van der Waals surface area contributed by atoms with E-state index in [0.717, 1.165) is 36.8 Å². The molecule has 1 saturated carbocycles. The average molecular weight is 631 g/mol. The molecule has 1 aliphatic rings. The van der Waals surface area contributed by atoms with Crippen molar-refractivity contribution >= 4 is 45.0 Å². The molecule has 1 atom stereocenters. The van der Waals surface area contributed by atoms with Gasteiger partial charge >= 0.3 is 0 Å². The lowest BCUT2D eigenvalue weighted by Gasteiger charge is -2.32. The highest BCUT2D eigenvalue weighted by Crippen LogP contribution is 2.25. The second-order valence-corrected chi connectivity index (χ2v) is 13.6. The SMILES string of the molecule is CN(CCCC(=O)N(Cc1ccc(Cl)c(Cl)c1)C(Cc1ccccc1)C(=O)NC1CCCC1)S(=O)(=O)c1ccccc1. The second-order valence-electron chi connectivity index (χ2n) is 10.7. The first-order chi connectivity index (χ1) is 20.1. The van der Waals surface area contributed by atoms with Crippen LogP contribution < -0.4 is 5.32 Å². The summed E-state index contributed by atoms with van der Waals surface area (Å²) in [6, 6.07) is 22.3. The van der Waals surface area contributed by atoms with Crippen molar-refractivity contribution in [1.82, 2.24) is 14.5 Å². The third-order valence-electron chi connectivity index (χ3n) is 7.62. The van der Waals surface area contributed by atoms with Crippen molar-refractivity contribution < 1.29 is 18.0 Å². The van der Waals surface area contributed by atoms with Crippen LogP contribution in [0.1, 0.15) is 49.7 Å². The number of nitrogens with one attached hydrogen (secondary N) is 1. The fourth-order valence-corrected chi connectivity index (χ4v) is 6.80. The van der Waals surface area contributed by atoms with Crippen LogP contribution in [0, 0.1) is 0 Å². The molecule has 1 fully saturated rings. The van der Waals surface area contributed by atoms with Crippen LogP contribution in [0.5, 0.6) is 0 Å². The highest BCUT2D eigenvalue weighted by Gasteiger charge is 2.32. The summed E-state index contributed by atoms with van der Waals surface area (Å²) in [6.07, 6.45) is 4.69. The summed E-state index contributed by atoms with van der Waals surface area (Å²) in [5.74, 6) is -0.433. The zero-order chi connectivity index (χ0) is 30.1. The van der Waals surface area contributed by atoms with Gasteiger partial charge in [0.1, 0.15) is 6.04 Å². The van der Waals surface area contributed by atoms with Crippen molar-refractivity contribution in [3.63, 3.8) is 0 Å². The van der Waals surface area contributed by atoms with Gasteiger partial charge in [-0.1, -0.05) is 90.6 Å². The van der Waals surface area contributed by atoms with E-state index < -0.39 is 16.1 Å². The van der Waals surface area contributed by atoms with Crippen LogP contribution in [0.25, 0.3) is 0 Å². The van der Waals surface area contributed by atoms with Gasteiger partial charge in [-0.2, -0.15) is 0 Å². The molecule has 0 spiro atoms. The normalized spacial score (nSPS) is 14.6. The van der Waals surface area contributed by atoms with E-state index in [2.05, 4.69) is 5.32 Å². The fourth-order valence-electron chi connectivity index (χ4n) is 5.25. The van der Waals surface area contributed by atoms with E-state index in [1.807, 2.05) is 30.3 Å². The van der Waals surface area contributed by atoms with Crippen LogP contribution in [0.4, 0.5) is 0 Å². The summed E-state index contributed by atoms with van der Waals surface area (Å²) in [4.78, 5) is 29.5. The van der Waals surface area contributed by atoms with Crippen molar-refractivity contribution in [2.24, 2.45) is 0 Å². The van der Waals surface area contributed by atoms with E-state index in [9.17, 15) is 18.0 Å². The van der Waals surface area contributed by atoms with Crippen molar-refractivity contribution in [3.05, 3.63) is 100 Å².